The highest BCUT2D eigenvalue weighted by Crippen LogP contribution is 2.38. The van der Waals surface area contributed by atoms with Crippen LogP contribution >= 0.6 is 0 Å². The van der Waals surface area contributed by atoms with Crippen LogP contribution in [0, 0.1) is 13.8 Å². The smallest absolute Gasteiger partial charge is 0.290 e. The highest BCUT2D eigenvalue weighted by Gasteiger charge is 2.46. The molecule has 0 heterocycles. The zero-order valence-corrected chi connectivity index (χ0v) is 9.57. The van der Waals surface area contributed by atoms with Crippen molar-refractivity contribution in [2.45, 2.75) is 39.2 Å². The van der Waals surface area contributed by atoms with E-state index in [0.29, 0.717) is 5.56 Å². The number of rotatable bonds is 2. The quantitative estimate of drug-likeness (QED) is 0.802. The molecule has 1 aromatic carbocycles. The van der Waals surface area contributed by atoms with Gasteiger partial charge < -0.3 is 5.73 Å². The van der Waals surface area contributed by atoms with Crippen LogP contribution in [0.3, 0.4) is 0 Å². The topological polar surface area (TPSA) is 26.0 Å². The third-order valence-electron chi connectivity index (χ3n) is 2.53. The SMILES string of the molecule is Cc1ccc(C(F)(F)C(C)(C)N)c(C)c1. The second-order valence-electron chi connectivity index (χ2n) is 4.61. The van der Waals surface area contributed by atoms with Gasteiger partial charge >= 0.3 is 0 Å². The van der Waals surface area contributed by atoms with Gasteiger partial charge in [0.1, 0.15) is 0 Å². The monoisotopic (exact) mass is 213 g/mol. The molecule has 1 aromatic rings. The number of aryl methyl sites for hydroxylation is 2. The minimum Gasteiger partial charge on any atom is -0.320 e. The van der Waals surface area contributed by atoms with Crippen LogP contribution < -0.4 is 5.73 Å². The molecule has 15 heavy (non-hydrogen) atoms. The van der Waals surface area contributed by atoms with Crippen LogP contribution in [0.2, 0.25) is 0 Å². The summed E-state index contributed by atoms with van der Waals surface area (Å²) < 4.78 is 27.9. The van der Waals surface area contributed by atoms with Gasteiger partial charge in [-0.25, -0.2) is 0 Å². The summed E-state index contributed by atoms with van der Waals surface area (Å²) in [5, 5.41) is 0. The number of nitrogens with two attached hydrogens (primary N) is 1. The van der Waals surface area contributed by atoms with Crippen molar-refractivity contribution in [2.24, 2.45) is 5.73 Å². The Bertz CT molecular complexity index is 364. The number of alkyl halides is 2. The molecular weight excluding hydrogens is 196 g/mol. The Kier molecular flexibility index (Phi) is 2.88. The highest BCUT2D eigenvalue weighted by atomic mass is 19.3. The van der Waals surface area contributed by atoms with E-state index in [2.05, 4.69) is 0 Å². The zero-order valence-electron chi connectivity index (χ0n) is 9.57. The summed E-state index contributed by atoms with van der Waals surface area (Å²) in [6.07, 6.45) is 0. The van der Waals surface area contributed by atoms with Gasteiger partial charge in [0.15, 0.2) is 0 Å². The third kappa shape index (κ3) is 2.17. The van der Waals surface area contributed by atoms with Gasteiger partial charge in [0.2, 0.25) is 0 Å². The molecule has 0 bridgehead atoms. The summed E-state index contributed by atoms with van der Waals surface area (Å²) in [5.41, 5.74) is 5.52. The van der Waals surface area contributed by atoms with Gasteiger partial charge in [-0.15, -0.1) is 0 Å². The average Bonchev–Trinajstić information content (AvgIpc) is 2.00. The van der Waals surface area contributed by atoms with Crippen molar-refractivity contribution in [3.63, 3.8) is 0 Å². The van der Waals surface area contributed by atoms with Crippen molar-refractivity contribution in [2.75, 3.05) is 0 Å². The van der Waals surface area contributed by atoms with E-state index in [1.807, 2.05) is 6.92 Å². The molecule has 0 aliphatic heterocycles. The lowest BCUT2D eigenvalue weighted by atomic mass is 9.88. The molecule has 0 aliphatic carbocycles. The number of halogens is 2. The van der Waals surface area contributed by atoms with Crippen molar-refractivity contribution in [1.29, 1.82) is 0 Å². The third-order valence-corrected chi connectivity index (χ3v) is 2.53. The maximum Gasteiger partial charge on any atom is 0.290 e. The molecule has 1 nitrogen and oxygen atoms in total. The normalized spacial score (nSPS) is 13.0. The standard InChI is InChI=1S/C12H17F2N/c1-8-5-6-10(9(2)7-8)12(13,14)11(3,4)15/h5-7H,15H2,1-4H3. The summed E-state index contributed by atoms with van der Waals surface area (Å²) >= 11 is 0. The molecule has 0 radical (unpaired) electrons. The van der Waals surface area contributed by atoms with Crippen LogP contribution in [0.25, 0.3) is 0 Å². The Morgan fingerprint density at radius 2 is 1.67 bits per heavy atom. The summed E-state index contributed by atoms with van der Waals surface area (Å²) in [4.78, 5) is 0. The van der Waals surface area contributed by atoms with Crippen LogP contribution in [0.1, 0.15) is 30.5 Å². The van der Waals surface area contributed by atoms with Crippen LogP contribution in [-0.4, -0.2) is 5.54 Å². The van der Waals surface area contributed by atoms with E-state index < -0.39 is 11.5 Å². The van der Waals surface area contributed by atoms with Crippen LogP contribution in [0.15, 0.2) is 18.2 Å². The molecule has 2 N–H and O–H groups in total. The van der Waals surface area contributed by atoms with Crippen molar-refractivity contribution < 1.29 is 8.78 Å². The minimum absolute atomic E-state index is 0.0144. The van der Waals surface area contributed by atoms with Crippen molar-refractivity contribution >= 4 is 0 Å². The van der Waals surface area contributed by atoms with Crippen molar-refractivity contribution in [3.05, 3.63) is 34.9 Å². The maximum absolute atomic E-state index is 13.9. The molecular formula is C12H17F2N. The summed E-state index contributed by atoms with van der Waals surface area (Å²) in [6.45, 7) is 6.24. The lowest BCUT2D eigenvalue weighted by Gasteiger charge is -2.31. The number of hydrogen-bond donors (Lipinski definition) is 1. The minimum atomic E-state index is -3.01. The summed E-state index contributed by atoms with van der Waals surface area (Å²) in [5.74, 6) is -3.01. The Morgan fingerprint density at radius 3 is 2.07 bits per heavy atom. The lowest BCUT2D eigenvalue weighted by Crippen LogP contribution is -2.48. The first-order valence-corrected chi connectivity index (χ1v) is 4.90. The fourth-order valence-electron chi connectivity index (χ4n) is 1.51. The molecule has 84 valence electrons. The largest absolute Gasteiger partial charge is 0.320 e. The molecule has 0 aromatic heterocycles. The predicted molar refractivity (Wildman–Crippen MR) is 58.1 cm³/mol. The average molecular weight is 213 g/mol. The molecule has 0 saturated carbocycles. The van der Waals surface area contributed by atoms with E-state index in [0.717, 1.165) is 5.56 Å². The summed E-state index contributed by atoms with van der Waals surface area (Å²) in [6, 6.07) is 4.89. The maximum atomic E-state index is 13.9. The van der Waals surface area contributed by atoms with Crippen LogP contribution in [-0.2, 0) is 5.92 Å². The molecule has 0 amide bonds. The van der Waals surface area contributed by atoms with E-state index >= 15 is 0 Å². The van der Waals surface area contributed by atoms with Crippen molar-refractivity contribution in [3.8, 4) is 0 Å². The molecule has 0 spiro atoms. The first kappa shape index (κ1) is 12.1. The van der Waals surface area contributed by atoms with Crippen molar-refractivity contribution in [1.82, 2.24) is 0 Å². The Morgan fingerprint density at radius 1 is 1.13 bits per heavy atom. The number of hydrogen-bond acceptors (Lipinski definition) is 1. The lowest BCUT2D eigenvalue weighted by molar-refractivity contribution is -0.0677. The van der Waals surface area contributed by atoms with Gasteiger partial charge in [-0.3, -0.25) is 0 Å². The number of benzene rings is 1. The van der Waals surface area contributed by atoms with Gasteiger partial charge in [-0.1, -0.05) is 23.8 Å². The van der Waals surface area contributed by atoms with E-state index in [1.54, 1.807) is 19.1 Å². The molecule has 0 atom stereocenters. The first-order valence-electron chi connectivity index (χ1n) is 4.90. The molecule has 0 aliphatic rings. The van der Waals surface area contributed by atoms with Gasteiger partial charge in [-0.05, 0) is 33.3 Å². The summed E-state index contributed by atoms with van der Waals surface area (Å²) in [7, 11) is 0. The van der Waals surface area contributed by atoms with Gasteiger partial charge in [0.25, 0.3) is 5.92 Å². The molecule has 1 rings (SSSR count). The van der Waals surface area contributed by atoms with Gasteiger partial charge in [0, 0.05) is 5.56 Å². The second-order valence-corrected chi connectivity index (χ2v) is 4.61. The van der Waals surface area contributed by atoms with Gasteiger partial charge in [-0.2, -0.15) is 8.78 Å². The second kappa shape index (κ2) is 3.56. The highest BCUT2D eigenvalue weighted by molar-refractivity contribution is 5.35. The fourth-order valence-corrected chi connectivity index (χ4v) is 1.51. The predicted octanol–water partition coefficient (Wildman–Crippen LogP) is 3.13. The van der Waals surface area contributed by atoms with E-state index in [1.165, 1.54) is 19.9 Å². The Balaban J connectivity index is 3.28. The fraction of sp³-hybridized carbons (Fsp3) is 0.500. The van der Waals surface area contributed by atoms with Crippen LogP contribution in [0.5, 0.6) is 0 Å². The first-order chi connectivity index (χ1) is 6.66. The molecule has 3 heteroatoms. The van der Waals surface area contributed by atoms with E-state index in [9.17, 15) is 8.78 Å². The van der Waals surface area contributed by atoms with E-state index in [-0.39, 0.29) is 5.56 Å². The molecule has 0 unspecified atom stereocenters. The van der Waals surface area contributed by atoms with E-state index in [4.69, 9.17) is 5.73 Å². The van der Waals surface area contributed by atoms with Gasteiger partial charge in [0.05, 0.1) is 5.54 Å². The molecule has 0 saturated heterocycles. The Hall–Kier alpha value is -0.960. The zero-order chi connectivity index (χ0) is 11.9. The van der Waals surface area contributed by atoms with Crippen LogP contribution in [0.4, 0.5) is 8.78 Å². The molecule has 0 fully saturated rings. The Labute approximate surface area is 89.3 Å².